The average Bonchev–Trinajstić information content (AvgIpc) is 3.66. The van der Waals surface area contributed by atoms with Crippen molar-refractivity contribution in [1.82, 2.24) is 0 Å². The van der Waals surface area contributed by atoms with Gasteiger partial charge in [-0.15, -0.1) is 0 Å². The summed E-state index contributed by atoms with van der Waals surface area (Å²) in [7, 11) is 0. The van der Waals surface area contributed by atoms with E-state index in [-0.39, 0.29) is 30.3 Å². The van der Waals surface area contributed by atoms with Gasteiger partial charge in [0.25, 0.3) is 0 Å². The van der Waals surface area contributed by atoms with E-state index in [0.29, 0.717) is 38.0 Å². The minimum Gasteiger partial charge on any atom is -0.459 e. The van der Waals surface area contributed by atoms with E-state index in [9.17, 15) is 19.2 Å². The highest BCUT2D eigenvalue weighted by atomic mass is 16.6. The Balaban J connectivity index is 1.02. The van der Waals surface area contributed by atoms with E-state index in [4.69, 9.17) is 23.7 Å². The van der Waals surface area contributed by atoms with Crippen molar-refractivity contribution >= 4 is 23.9 Å². The third-order valence-corrected chi connectivity index (χ3v) is 9.36. The van der Waals surface area contributed by atoms with Crippen molar-refractivity contribution in [3.05, 3.63) is 0 Å². The maximum absolute atomic E-state index is 13.0. The van der Waals surface area contributed by atoms with Gasteiger partial charge in [0.05, 0.1) is 31.0 Å². The van der Waals surface area contributed by atoms with Crippen LogP contribution < -0.4 is 4.90 Å². The zero-order valence-corrected chi connectivity index (χ0v) is 19.9. The quantitative estimate of drug-likeness (QED) is 0.341. The highest BCUT2D eigenvalue weighted by Gasteiger charge is 2.70. The second-order valence-electron chi connectivity index (χ2n) is 11.1. The number of esters is 4. The number of hydrogen-bond donors (Lipinski definition) is 1. The number of fused-ring (bicyclic) bond motifs is 3. The summed E-state index contributed by atoms with van der Waals surface area (Å²) in [5.41, 5.74) is 0. The predicted molar refractivity (Wildman–Crippen MR) is 116 cm³/mol. The summed E-state index contributed by atoms with van der Waals surface area (Å²) >= 11 is 0. The largest absolute Gasteiger partial charge is 0.459 e. The highest BCUT2D eigenvalue weighted by molar-refractivity contribution is 5.86. The number of quaternary nitrogens is 1. The minimum atomic E-state index is -0.709. The zero-order chi connectivity index (χ0) is 24.1. The van der Waals surface area contributed by atoms with E-state index in [1.807, 2.05) is 0 Å². The van der Waals surface area contributed by atoms with Crippen LogP contribution in [0.2, 0.25) is 0 Å². The van der Waals surface area contributed by atoms with Gasteiger partial charge in [-0.3, -0.25) is 14.4 Å². The lowest BCUT2D eigenvalue weighted by Crippen LogP contribution is -3.14. The molecule has 10 heteroatoms. The molecule has 9 unspecified atom stereocenters. The van der Waals surface area contributed by atoms with Gasteiger partial charge in [0.2, 0.25) is 0 Å². The molecule has 0 aromatic carbocycles. The minimum absolute atomic E-state index is 0.112. The van der Waals surface area contributed by atoms with Gasteiger partial charge in [-0.05, 0) is 37.5 Å². The van der Waals surface area contributed by atoms with E-state index in [2.05, 4.69) is 0 Å². The molecule has 0 radical (unpaired) electrons. The third kappa shape index (κ3) is 4.22. The maximum Gasteiger partial charge on any atom is 0.344 e. The van der Waals surface area contributed by atoms with Crippen molar-refractivity contribution in [1.29, 1.82) is 0 Å². The van der Waals surface area contributed by atoms with E-state index in [1.54, 1.807) is 0 Å². The first-order valence-electron chi connectivity index (χ1n) is 13.1. The van der Waals surface area contributed by atoms with Crippen LogP contribution in [0.3, 0.4) is 0 Å². The molecule has 0 aromatic heterocycles. The molecule has 1 N–H and O–H groups in total. The second-order valence-corrected chi connectivity index (χ2v) is 11.1. The summed E-state index contributed by atoms with van der Waals surface area (Å²) in [5, 5.41) is 0. The molecule has 4 aliphatic carbocycles. The van der Waals surface area contributed by atoms with Crippen LogP contribution in [0.15, 0.2) is 0 Å². The molecule has 0 aromatic rings. The van der Waals surface area contributed by atoms with E-state index < -0.39 is 48.6 Å². The summed E-state index contributed by atoms with van der Waals surface area (Å²) in [6.07, 6.45) is 3.50. The number of ether oxygens (including phenoxy) is 5. The molecule has 2 aliphatic heterocycles. The van der Waals surface area contributed by atoms with Gasteiger partial charge in [-0.25, -0.2) is 4.79 Å². The third-order valence-electron chi connectivity index (χ3n) is 9.36. The molecule has 35 heavy (non-hydrogen) atoms. The summed E-state index contributed by atoms with van der Waals surface area (Å²) in [5.74, 6) is -2.62. The number of carbonyl (C=O) groups is 4. The van der Waals surface area contributed by atoms with Crippen LogP contribution in [0.4, 0.5) is 0 Å². The molecule has 10 nitrogen and oxygen atoms in total. The fraction of sp³-hybridized carbons (Fsp3) is 0.840. The Morgan fingerprint density at radius 2 is 1.80 bits per heavy atom. The Hall–Kier alpha value is -2.20. The first-order chi connectivity index (χ1) is 17.0. The molecule has 0 spiro atoms. The van der Waals surface area contributed by atoms with Gasteiger partial charge in [0.15, 0.2) is 6.61 Å². The zero-order valence-electron chi connectivity index (χ0n) is 19.9. The van der Waals surface area contributed by atoms with Crippen molar-refractivity contribution in [2.75, 3.05) is 46.1 Å². The first-order valence-corrected chi connectivity index (χ1v) is 13.1. The standard InChI is InChI=1S/C25H33NO9/c27-18(12-33-23(28)15-10-13-1-2-14(15)9-13)34-21-16-11-17-20(25(30)35-22(17)21)19(16)24(29)32-8-5-26-3-6-31-7-4-26/h13-17,19-22H,1-12H2/p+1. The maximum atomic E-state index is 13.0. The van der Waals surface area contributed by atoms with Crippen LogP contribution in [0.5, 0.6) is 0 Å². The topological polar surface area (TPSA) is 119 Å². The van der Waals surface area contributed by atoms with Gasteiger partial charge >= 0.3 is 23.9 Å². The van der Waals surface area contributed by atoms with Crippen LogP contribution in [0.1, 0.15) is 32.1 Å². The number of rotatable bonds is 8. The summed E-state index contributed by atoms with van der Waals surface area (Å²) < 4.78 is 27.4. The lowest BCUT2D eigenvalue weighted by atomic mass is 9.78. The molecule has 9 atom stereocenters. The summed E-state index contributed by atoms with van der Waals surface area (Å²) in [4.78, 5) is 51.9. The molecule has 6 rings (SSSR count). The Morgan fingerprint density at radius 1 is 0.971 bits per heavy atom. The lowest BCUT2D eigenvalue weighted by Gasteiger charge is -2.30. The molecule has 6 aliphatic rings. The number of nitrogens with one attached hydrogen (secondary N) is 1. The Bertz CT molecular complexity index is 886. The van der Waals surface area contributed by atoms with E-state index in [0.717, 1.165) is 32.4 Å². The molecule has 4 bridgehead atoms. The van der Waals surface area contributed by atoms with Gasteiger partial charge in [0, 0.05) is 11.8 Å². The second kappa shape index (κ2) is 9.35. The monoisotopic (exact) mass is 492 g/mol. The molecule has 2 saturated heterocycles. The van der Waals surface area contributed by atoms with E-state index >= 15 is 0 Å². The van der Waals surface area contributed by atoms with Crippen molar-refractivity contribution in [3.63, 3.8) is 0 Å². The SMILES string of the molecule is O=C(COC(=O)C1CC2CCC1C2)OC1C2CC3C1OC(=O)C3C2C(=O)OCC[NH+]1CCOCC1. The van der Waals surface area contributed by atoms with Crippen molar-refractivity contribution in [2.24, 2.45) is 41.4 Å². The highest BCUT2D eigenvalue weighted by Crippen LogP contribution is 2.59. The van der Waals surface area contributed by atoms with Gasteiger partial charge in [-0.1, -0.05) is 6.42 Å². The van der Waals surface area contributed by atoms with Crippen molar-refractivity contribution in [3.8, 4) is 0 Å². The molecule has 192 valence electrons. The smallest absolute Gasteiger partial charge is 0.344 e. The van der Waals surface area contributed by atoms with Crippen LogP contribution >= 0.6 is 0 Å². The molecule has 2 heterocycles. The Kier molecular flexibility index (Phi) is 6.20. The number of carbonyl (C=O) groups excluding carboxylic acids is 4. The lowest BCUT2D eigenvalue weighted by molar-refractivity contribution is -0.908. The summed E-state index contributed by atoms with van der Waals surface area (Å²) in [6, 6.07) is 0. The predicted octanol–water partition coefficient (Wildman–Crippen LogP) is -0.857. The fourth-order valence-electron chi connectivity index (χ4n) is 7.73. The molecule has 6 fully saturated rings. The van der Waals surface area contributed by atoms with Gasteiger partial charge in [0.1, 0.15) is 38.4 Å². The van der Waals surface area contributed by atoms with Crippen molar-refractivity contribution in [2.45, 2.75) is 44.3 Å². The number of morpholine rings is 1. The van der Waals surface area contributed by atoms with Crippen LogP contribution in [-0.4, -0.2) is 82.1 Å². The van der Waals surface area contributed by atoms with Gasteiger partial charge < -0.3 is 28.6 Å². The Morgan fingerprint density at radius 3 is 2.54 bits per heavy atom. The van der Waals surface area contributed by atoms with Gasteiger partial charge in [-0.2, -0.15) is 0 Å². The molecule has 0 amide bonds. The molecule has 4 saturated carbocycles. The molecular weight excluding hydrogens is 458 g/mol. The average molecular weight is 493 g/mol. The summed E-state index contributed by atoms with van der Waals surface area (Å²) in [6.45, 7) is 3.68. The van der Waals surface area contributed by atoms with Crippen LogP contribution in [-0.2, 0) is 42.9 Å². The fourth-order valence-corrected chi connectivity index (χ4v) is 7.73. The number of hydrogen-bond acceptors (Lipinski definition) is 9. The van der Waals surface area contributed by atoms with Crippen LogP contribution in [0, 0.1) is 41.4 Å². The first kappa shape index (κ1) is 23.2. The normalized spacial score (nSPS) is 41.1. The molecular formula is C25H34NO9+. The van der Waals surface area contributed by atoms with Crippen LogP contribution in [0.25, 0.3) is 0 Å². The van der Waals surface area contributed by atoms with Crippen molar-refractivity contribution < 1.29 is 47.8 Å². The van der Waals surface area contributed by atoms with E-state index in [1.165, 1.54) is 11.3 Å². The Labute approximate surface area is 203 Å².